The van der Waals surface area contributed by atoms with Crippen LogP contribution in [0.25, 0.3) is 65.0 Å². The third-order valence-corrected chi connectivity index (χ3v) is 14.1. The van der Waals surface area contributed by atoms with E-state index in [2.05, 4.69) is 153 Å². The van der Waals surface area contributed by atoms with Gasteiger partial charge in [0.1, 0.15) is 5.58 Å². The quantitative estimate of drug-likeness (QED) is 0.160. The molecule has 0 spiro atoms. The maximum absolute atomic E-state index is 6.93. The zero-order chi connectivity index (χ0) is 34.8. The van der Waals surface area contributed by atoms with Gasteiger partial charge in [0, 0.05) is 48.1 Å². The maximum atomic E-state index is 6.93. The van der Waals surface area contributed by atoms with Crippen molar-refractivity contribution >= 4 is 99.3 Å². The van der Waals surface area contributed by atoms with Crippen molar-refractivity contribution in [1.29, 1.82) is 0 Å². The highest BCUT2D eigenvalue weighted by molar-refractivity contribution is 7.32. The monoisotopic (exact) mass is 688 g/mol. The topological polar surface area (TPSA) is 21.3 Å². The Kier molecular flexibility index (Phi) is 5.41. The predicted molar refractivity (Wildman–Crippen MR) is 223 cm³/mol. The summed E-state index contributed by atoms with van der Waals surface area (Å²) in [5.74, 6) is 0. The minimum Gasteiger partial charge on any atom is -0.441 e. The average Bonchev–Trinajstić information content (AvgIpc) is 3.82. The molecule has 52 heavy (non-hydrogen) atoms. The number of benzene rings is 6. The molecule has 0 atom stereocenters. The second-order valence-corrected chi connectivity index (χ2v) is 17.8. The lowest BCUT2D eigenvalue weighted by Gasteiger charge is -2.44. The molecule has 2 aliphatic heterocycles. The zero-order valence-corrected chi connectivity index (χ0v) is 30.9. The largest absolute Gasteiger partial charge is 0.441 e. The molecule has 5 heteroatoms. The highest BCUT2D eigenvalue weighted by Crippen LogP contribution is 2.54. The lowest BCUT2D eigenvalue weighted by molar-refractivity contribution is 0.332. The number of fused-ring (bicyclic) bond motifs is 14. The van der Waals surface area contributed by atoms with Crippen LogP contribution in [0.3, 0.4) is 0 Å². The zero-order valence-electron chi connectivity index (χ0n) is 30.1. The minimum absolute atomic E-state index is 0.0398. The van der Waals surface area contributed by atoms with Gasteiger partial charge in [0.25, 0.3) is 0 Å². The van der Waals surface area contributed by atoms with Crippen LogP contribution in [0.5, 0.6) is 0 Å². The average molecular weight is 689 g/mol. The first-order valence-corrected chi connectivity index (χ1v) is 19.5. The van der Waals surface area contributed by atoms with E-state index in [1.165, 1.54) is 110 Å². The Morgan fingerprint density at radius 2 is 1.38 bits per heavy atom. The summed E-state index contributed by atoms with van der Waals surface area (Å²) in [4.78, 5) is 2.66. The molecule has 3 nitrogen and oxygen atoms in total. The number of hydrogen-bond acceptors (Lipinski definition) is 3. The Balaban J connectivity index is 1.28. The Morgan fingerprint density at radius 3 is 2.21 bits per heavy atom. The van der Waals surface area contributed by atoms with Crippen molar-refractivity contribution in [1.82, 2.24) is 4.48 Å². The van der Waals surface area contributed by atoms with E-state index in [0.29, 0.717) is 0 Å². The van der Waals surface area contributed by atoms with Crippen LogP contribution in [0.15, 0.2) is 114 Å². The highest BCUT2D eigenvalue weighted by Gasteiger charge is 2.47. The summed E-state index contributed by atoms with van der Waals surface area (Å²) in [5, 5.41) is 7.54. The van der Waals surface area contributed by atoms with Gasteiger partial charge in [0.15, 0.2) is 5.71 Å². The van der Waals surface area contributed by atoms with Gasteiger partial charge < -0.3 is 13.8 Å². The maximum Gasteiger partial charge on any atom is 0.346 e. The van der Waals surface area contributed by atoms with Crippen molar-refractivity contribution in [3.8, 4) is 11.1 Å². The number of aryl methyl sites for hydroxylation is 1. The third kappa shape index (κ3) is 3.49. The van der Waals surface area contributed by atoms with Crippen molar-refractivity contribution < 1.29 is 4.42 Å². The molecule has 5 heterocycles. The van der Waals surface area contributed by atoms with Crippen LogP contribution in [-0.2, 0) is 10.8 Å². The van der Waals surface area contributed by atoms with Gasteiger partial charge >= 0.3 is 6.85 Å². The molecule has 0 radical (unpaired) electrons. The number of nitrogens with zero attached hydrogens (tertiary/aromatic N) is 2. The Labute approximate surface area is 307 Å². The summed E-state index contributed by atoms with van der Waals surface area (Å²) in [6.07, 6.45) is 2.39. The number of aromatic nitrogens is 1. The fourth-order valence-corrected chi connectivity index (χ4v) is 11.6. The van der Waals surface area contributed by atoms with Crippen molar-refractivity contribution in [3.63, 3.8) is 0 Å². The Morgan fingerprint density at radius 1 is 0.692 bits per heavy atom. The van der Waals surface area contributed by atoms with Crippen molar-refractivity contribution in [3.05, 3.63) is 126 Å². The molecular weight excluding hydrogens is 651 g/mol. The van der Waals surface area contributed by atoms with Gasteiger partial charge in [-0.25, -0.2) is 0 Å². The molecule has 3 aliphatic rings. The molecule has 0 bridgehead atoms. The molecule has 6 aromatic carbocycles. The summed E-state index contributed by atoms with van der Waals surface area (Å²) in [7, 11) is 0. The van der Waals surface area contributed by atoms with Crippen LogP contribution in [0.1, 0.15) is 57.2 Å². The van der Waals surface area contributed by atoms with Crippen LogP contribution < -0.4 is 15.1 Å². The fraction of sp³-hybridized carbons (Fsp3) is 0.191. The smallest absolute Gasteiger partial charge is 0.346 e. The van der Waals surface area contributed by atoms with E-state index in [1.807, 2.05) is 11.3 Å². The van der Waals surface area contributed by atoms with Crippen molar-refractivity contribution in [2.75, 3.05) is 4.90 Å². The van der Waals surface area contributed by atoms with Gasteiger partial charge in [-0.05, 0) is 93.3 Å². The normalized spacial score (nSPS) is 16.6. The first-order valence-electron chi connectivity index (χ1n) is 18.7. The van der Waals surface area contributed by atoms with E-state index < -0.39 is 0 Å². The number of anilines is 3. The van der Waals surface area contributed by atoms with Gasteiger partial charge in [-0.3, -0.25) is 0 Å². The molecule has 0 N–H and O–H groups in total. The lowest BCUT2D eigenvalue weighted by Crippen LogP contribution is -2.55. The van der Waals surface area contributed by atoms with Gasteiger partial charge in [-0.1, -0.05) is 113 Å². The van der Waals surface area contributed by atoms with E-state index in [0.717, 1.165) is 11.3 Å². The highest BCUT2D eigenvalue weighted by atomic mass is 32.1. The SMILES string of the molecule is Cc1cc2c(cc1N1c3cc4ccccc4c4c3B(c3sc5ccccc5c31)n1c3oc5ccccc5c3c3cccc-4c31)C(C)(C)CCC2(C)C. The minimum atomic E-state index is -0.0398. The predicted octanol–water partition coefficient (Wildman–Crippen LogP) is 12.0. The summed E-state index contributed by atoms with van der Waals surface area (Å²) in [5.41, 5.74) is 15.6. The second kappa shape index (κ2) is 9.59. The second-order valence-electron chi connectivity index (χ2n) is 16.8. The van der Waals surface area contributed by atoms with Gasteiger partial charge in [-0.2, -0.15) is 0 Å². The molecule has 1 aliphatic carbocycles. The summed E-state index contributed by atoms with van der Waals surface area (Å²) in [6.45, 7) is 12.1. The summed E-state index contributed by atoms with van der Waals surface area (Å²) >= 11 is 1.95. The van der Waals surface area contributed by atoms with Crippen LogP contribution >= 0.6 is 11.3 Å². The van der Waals surface area contributed by atoms with Crippen molar-refractivity contribution in [2.24, 2.45) is 0 Å². The van der Waals surface area contributed by atoms with E-state index in [1.54, 1.807) is 0 Å². The van der Waals surface area contributed by atoms with Crippen molar-refractivity contribution in [2.45, 2.75) is 58.3 Å². The summed E-state index contributed by atoms with van der Waals surface area (Å²) < 4.78 is 12.2. The summed E-state index contributed by atoms with van der Waals surface area (Å²) in [6, 6.07) is 41.1. The lowest BCUT2D eigenvalue weighted by atomic mass is 9.48. The molecule has 0 amide bonds. The molecular formula is C47H37BN2OS. The molecule has 12 rings (SSSR count). The number of furan rings is 1. The first kappa shape index (κ1) is 29.3. The van der Waals surface area contributed by atoms with Crippen LogP contribution in [0.2, 0.25) is 0 Å². The molecule has 250 valence electrons. The molecule has 0 fully saturated rings. The Bertz CT molecular complexity index is 3060. The Hall–Kier alpha value is -5.26. The number of hydrogen-bond donors (Lipinski definition) is 0. The standard InChI is InChI=1S/C47H37BN2OS/c1-26-23-33-34(47(4,5)22-21-46(33,2)3)25-35(26)49-36-24-27-13-6-7-14-28(27)39-31-17-12-18-32-40-29-15-8-10-19-37(29)51-45(40)50(42(31)32)48(41(36)39)44-43(49)30-16-9-11-20-38(30)52-44/h6-20,23-25H,21-22H2,1-5H3. The number of para-hydroxylation sites is 2. The molecule has 0 saturated heterocycles. The molecule has 0 saturated carbocycles. The first-order chi connectivity index (χ1) is 25.2. The third-order valence-electron chi connectivity index (χ3n) is 12.9. The van der Waals surface area contributed by atoms with Crippen LogP contribution in [0.4, 0.5) is 17.1 Å². The van der Waals surface area contributed by atoms with E-state index in [-0.39, 0.29) is 17.7 Å². The fourth-order valence-electron chi connectivity index (χ4n) is 10.3. The van der Waals surface area contributed by atoms with Gasteiger partial charge in [0.2, 0.25) is 0 Å². The van der Waals surface area contributed by atoms with Crippen LogP contribution in [-0.4, -0.2) is 11.3 Å². The van der Waals surface area contributed by atoms with Gasteiger partial charge in [-0.15, -0.1) is 11.3 Å². The van der Waals surface area contributed by atoms with E-state index >= 15 is 0 Å². The number of thiophene rings is 1. The molecule has 3 aromatic heterocycles. The number of rotatable bonds is 1. The molecule has 9 aromatic rings. The molecule has 0 unspecified atom stereocenters. The van der Waals surface area contributed by atoms with Crippen LogP contribution in [0, 0.1) is 6.92 Å². The van der Waals surface area contributed by atoms with E-state index in [4.69, 9.17) is 4.42 Å². The van der Waals surface area contributed by atoms with Gasteiger partial charge in [0.05, 0.1) is 11.1 Å². The van der Waals surface area contributed by atoms with E-state index in [9.17, 15) is 0 Å².